The van der Waals surface area contributed by atoms with Gasteiger partial charge in [0, 0.05) is 16.5 Å². The summed E-state index contributed by atoms with van der Waals surface area (Å²) in [5.74, 6) is 3.38. The second-order valence-corrected chi connectivity index (χ2v) is 6.91. The van der Waals surface area contributed by atoms with Crippen molar-refractivity contribution in [1.82, 2.24) is 5.32 Å². The van der Waals surface area contributed by atoms with E-state index in [-0.39, 0.29) is 0 Å². The first-order chi connectivity index (χ1) is 8.88. The predicted molar refractivity (Wildman–Crippen MR) is 83.8 cm³/mol. The van der Waals surface area contributed by atoms with Crippen molar-refractivity contribution in [3.05, 3.63) is 35.2 Å². The van der Waals surface area contributed by atoms with E-state index in [9.17, 15) is 0 Å². The van der Waals surface area contributed by atoms with E-state index < -0.39 is 0 Å². The summed E-state index contributed by atoms with van der Waals surface area (Å²) in [6.07, 6.45) is 1.23. The molecule has 1 fully saturated rings. The van der Waals surface area contributed by atoms with Gasteiger partial charge < -0.3 is 5.32 Å². The van der Waals surface area contributed by atoms with Crippen molar-refractivity contribution < 1.29 is 0 Å². The van der Waals surface area contributed by atoms with E-state index in [1.165, 1.54) is 28.0 Å². The Bertz CT molecular complexity index is 520. The fourth-order valence-electron chi connectivity index (χ4n) is 2.76. The molecule has 96 valence electrons. The molecule has 0 spiro atoms. The first-order valence-electron chi connectivity index (χ1n) is 6.64. The largest absolute Gasteiger partial charge is 0.313 e. The number of hydrogen-bond donors (Lipinski definition) is 1. The van der Waals surface area contributed by atoms with Crippen molar-refractivity contribution >= 4 is 33.2 Å². The van der Waals surface area contributed by atoms with Gasteiger partial charge in [0.15, 0.2) is 0 Å². The SMILES string of the molecule is CCNC1CSCC1Cc1csc2ccccc12. The van der Waals surface area contributed by atoms with Crippen LogP contribution in [0.15, 0.2) is 29.6 Å². The quantitative estimate of drug-likeness (QED) is 0.912. The Balaban J connectivity index is 1.79. The van der Waals surface area contributed by atoms with Gasteiger partial charge in [0.2, 0.25) is 0 Å². The Hall–Kier alpha value is -0.510. The maximum Gasteiger partial charge on any atom is 0.0345 e. The van der Waals surface area contributed by atoms with Crippen LogP contribution in [0, 0.1) is 5.92 Å². The molecule has 1 aromatic heterocycles. The average molecular weight is 277 g/mol. The van der Waals surface area contributed by atoms with Crippen LogP contribution >= 0.6 is 23.1 Å². The summed E-state index contributed by atoms with van der Waals surface area (Å²) in [5, 5.41) is 7.46. The standard InChI is InChI=1S/C15H19NS2/c1-2-16-14-10-17-8-12(14)7-11-9-18-15-6-4-3-5-13(11)15/h3-6,9,12,14,16H,2,7-8,10H2,1H3. The van der Waals surface area contributed by atoms with E-state index >= 15 is 0 Å². The summed E-state index contributed by atoms with van der Waals surface area (Å²) in [7, 11) is 0. The molecule has 0 bridgehead atoms. The van der Waals surface area contributed by atoms with Gasteiger partial charge in [-0.25, -0.2) is 0 Å². The monoisotopic (exact) mass is 277 g/mol. The second-order valence-electron chi connectivity index (χ2n) is 4.92. The third-order valence-electron chi connectivity index (χ3n) is 3.71. The van der Waals surface area contributed by atoms with Crippen LogP contribution < -0.4 is 5.32 Å². The number of thioether (sulfide) groups is 1. The summed E-state index contributed by atoms with van der Waals surface area (Å²) in [5.41, 5.74) is 1.55. The molecule has 18 heavy (non-hydrogen) atoms. The van der Waals surface area contributed by atoms with Gasteiger partial charge in [-0.2, -0.15) is 11.8 Å². The molecule has 0 radical (unpaired) electrons. The lowest BCUT2D eigenvalue weighted by atomic mass is 9.95. The van der Waals surface area contributed by atoms with Crippen LogP contribution in [0.1, 0.15) is 12.5 Å². The van der Waals surface area contributed by atoms with E-state index in [4.69, 9.17) is 0 Å². The van der Waals surface area contributed by atoms with Crippen LogP contribution in [0.2, 0.25) is 0 Å². The first-order valence-corrected chi connectivity index (χ1v) is 8.68. The van der Waals surface area contributed by atoms with Gasteiger partial charge in [0.1, 0.15) is 0 Å². The number of thiophene rings is 1. The smallest absolute Gasteiger partial charge is 0.0345 e. The molecule has 2 unspecified atom stereocenters. The molecule has 2 atom stereocenters. The fourth-order valence-corrected chi connectivity index (χ4v) is 5.17. The van der Waals surface area contributed by atoms with Crippen molar-refractivity contribution in [2.24, 2.45) is 5.92 Å². The van der Waals surface area contributed by atoms with Gasteiger partial charge in [-0.05, 0) is 47.0 Å². The third kappa shape index (κ3) is 2.44. The van der Waals surface area contributed by atoms with Gasteiger partial charge >= 0.3 is 0 Å². The average Bonchev–Trinajstić information content (AvgIpc) is 2.99. The van der Waals surface area contributed by atoms with Crippen molar-refractivity contribution in [1.29, 1.82) is 0 Å². The lowest BCUT2D eigenvalue weighted by Gasteiger charge is -2.19. The molecule has 3 heteroatoms. The Morgan fingerprint density at radius 1 is 1.28 bits per heavy atom. The molecular weight excluding hydrogens is 258 g/mol. The minimum absolute atomic E-state index is 0.707. The maximum atomic E-state index is 3.64. The fraction of sp³-hybridized carbons (Fsp3) is 0.467. The molecule has 3 rings (SSSR count). The zero-order valence-corrected chi connectivity index (χ0v) is 12.3. The van der Waals surface area contributed by atoms with E-state index in [0.29, 0.717) is 6.04 Å². The molecule has 1 aliphatic rings. The van der Waals surface area contributed by atoms with Crippen molar-refractivity contribution in [3.63, 3.8) is 0 Å². The highest BCUT2D eigenvalue weighted by molar-refractivity contribution is 7.99. The topological polar surface area (TPSA) is 12.0 Å². The molecule has 0 saturated carbocycles. The molecule has 0 amide bonds. The third-order valence-corrected chi connectivity index (χ3v) is 5.98. The molecule has 2 aromatic rings. The number of fused-ring (bicyclic) bond motifs is 1. The lowest BCUT2D eigenvalue weighted by Crippen LogP contribution is -2.36. The highest BCUT2D eigenvalue weighted by Gasteiger charge is 2.27. The Morgan fingerprint density at radius 3 is 3.06 bits per heavy atom. The zero-order chi connectivity index (χ0) is 12.4. The molecule has 2 heterocycles. The van der Waals surface area contributed by atoms with Crippen molar-refractivity contribution in [3.8, 4) is 0 Å². The van der Waals surface area contributed by atoms with E-state index in [1.54, 1.807) is 5.56 Å². The minimum Gasteiger partial charge on any atom is -0.313 e. The van der Waals surface area contributed by atoms with Crippen LogP contribution in [0.4, 0.5) is 0 Å². The highest BCUT2D eigenvalue weighted by atomic mass is 32.2. The maximum absolute atomic E-state index is 3.64. The molecule has 1 aromatic carbocycles. The van der Waals surface area contributed by atoms with Crippen LogP contribution in [0.25, 0.3) is 10.1 Å². The summed E-state index contributed by atoms with van der Waals surface area (Å²) in [4.78, 5) is 0. The Kier molecular flexibility index (Phi) is 3.92. The second kappa shape index (κ2) is 5.64. The van der Waals surface area contributed by atoms with E-state index in [0.717, 1.165) is 12.5 Å². The Labute approximate surface area is 117 Å². The molecule has 1 aliphatic heterocycles. The Morgan fingerprint density at radius 2 is 2.17 bits per heavy atom. The number of benzene rings is 1. The molecular formula is C15H19NS2. The first kappa shape index (κ1) is 12.5. The molecule has 1 nitrogen and oxygen atoms in total. The van der Waals surface area contributed by atoms with Gasteiger partial charge in [-0.3, -0.25) is 0 Å². The van der Waals surface area contributed by atoms with Crippen LogP contribution in [-0.2, 0) is 6.42 Å². The highest BCUT2D eigenvalue weighted by Crippen LogP contribution is 2.32. The van der Waals surface area contributed by atoms with Gasteiger partial charge in [-0.15, -0.1) is 11.3 Å². The zero-order valence-electron chi connectivity index (χ0n) is 10.7. The summed E-state index contributed by atoms with van der Waals surface area (Å²) >= 11 is 3.98. The number of hydrogen-bond acceptors (Lipinski definition) is 3. The molecule has 1 N–H and O–H groups in total. The normalized spacial score (nSPS) is 23.8. The lowest BCUT2D eigenvalue weighted by molar-refractivity contribution is 0.435. The number of rotatable bonds is 4. The van der Waals surface area contributed by atoms with Crippen LogP contribution in [0.3, 0.4) is 0 Å². The van der Waals surface area contributed by atoms with Crippen molar-refractivity contribution in [2.75, 3.05) is 18.1 Å². The minimum atomic E-state index is 0.707. The summed E-state index contributed by atoms with van der Waals surface area (Å²) in [6.45, 7) is 3.30. The molecule has 1 saturated heterocycles. The van der Waals surface area contributed by atoms with Gasteiger partial charge in [0.05, 0.1) is 0 Å². The summed E-state index contributed by atoms with van der Waals surface area (Å²) < 4.78 is 1.43. The van der Waals surface area contributed by atoms with Gasteiger partial charge in [-0.1, -0.05) is 25.1 Å². The van der Waals surface area contributed by atoms with Gasteiger partial charge in [0.25, 0.3) is 0 Å². The van der Waals surface area contributed by atoms with E-state index in [2.05, 4.69) is 53.6 Å². The summed E-state index contributed by atoms with van der Waals surface area (Å²) in [6, 6.07) is 9.50. The number of nitrogens with one attached hydrogen (secondary N) is 1. The molecule has 0 aliphatic carbocycles. The van der Waals surface area contributed by atoms with Crippen LogP contribution in [0.5, 0.6) is 0 Å². The predicted octanol–water partition coefficient (Wildman–Crippen LogP) is 3.78. The van der Waals surface area contributed by atoms with Crippen LogP contribution in [-0.4, -0.2) is 24.1 Å². The van der Waals surface area contributed by atoms with E-state index in [1.807, 2.05) is 11.3 Å². The van der Waals surface area contributed by atoms with Crippen molar-refractivity contribution in [2.45, 2.75) is 19.4 Å².